The topological polar surface area (TPSA) is 83.2 Å². The SMILES string of the molecule is [C-]#[N+]c1ccc(OC2C(C)(C)C(NC(=O)c3ccc4c(c3)CCN(CC(=O)O)CC4)C2(C)C)cc1Cl. The smallest absolute Gasteiger partial charge is 0.317 e. The largest absolute Gasteiger partial charge is 0.489 e. The summed E-state index contributed by atoms with van der Waals surface area (Å²) in [6.07, 6.45) is 1.32. The molecule has 1 fully saturated rings. The molecule has 36 heavy (non-hydrogen) atoms. The van der Waals surface area contributed by atoms with E-state index in [1.54, 1.807) is 18.2 Å². The van der Waals surface area contributed by atoms with Gasteiger partial charge in [-0.1, -0.05) is 51.4 Å². The van der Waals surface area contributed by atoms with Crippen molar-refractivity contribution in [1.29, 1.82) is 0 Å². The van der Waals surface area contributed by atoms with Gasteiger partial charge in [0.05, 0.1) is 18.1 Å². The number of hydrogen-bond donors (Lipinski definition) is 2. The Hall–Kier alpha value is -3.08. The van der Waals surface area contributed by atoms with Crippen molar-refractivity contribution in [3.63, 3.8) is 0 Å². The number of hydrogen-bond acceptors (Lipinski definition) is 4. The maximum Gasteiger partial charge on any atom is 0.317 e. The summed E-state index contributed by atoms with van der Waals surface area (Å²) >= 11 is 6.19. The van der Waals surface area contributed by atoms with Crippen molar-refractivity contribution in [2.75, 3.05) is 19.6 Å². The van der Waals surface area contributed by atoms with Crippen LogP contribution in [-0.2, 0) is 17.6 Å². The summed E-state index contributed by atoms with van der Waals surface area (Å²) in [6.45, 7) is 16.9. The van der Waals surface area contributed by atoms with Gasteiger partial charge in [0.25, 0.3) is 5.91 Å². The molecule has 1 saturated carbocycles. The van der Waals surface area contributed by atoms with Crippen molar-refractivity contribution in [3.8, 4) is 5.75 Å². The molecule has 1 aliphatic carbocycles. The molecule has 1 aliphatic heterocycles. The fraction of sp³-hybridized carbons (Fsp3) is 0.464. The van der Waals surface area contributed by atoms with E-state index >= 15 is 0 Å². The number of aliphatic carboxylic acids is 1. The number of carboxylic acid groups (broad SMARTS) is 1. The highest BCUT2D eigenvalue weighted by molar-refractivity contribution is 6.33. The van der Waals surface area contributed by atoms with Crippen LogP contribution in [0.1, 0.15) is 49.2 Å². The van der Waals surface area contributed by atoms with Crippen LogP contribution >= 0.6 is 11.6 Å². The number of ether oxygens (including phenoxy) is 1. The van der Waals surface area contributed by atoms with Crippen LogP contribution in [0.5, 0.6) is 5.75 Å². The van der Waals surface area contributed by atoms with Gasteiger partial charge in [0.15, 0.2) is 0 Å². The number of nitrogens with one attached hydrogen (secondary N) is 1. The minimum Gasteiger partial charge on any atom is -0.489 e. The van der Waals surface area contributed by atoms with Gasteiger partial charge in [-0.05, 0) is 48.2 Å². The maximum atomic E-state index is 13.3. The van der Waals surface area contributed by atoms with Crippen molar-refractivity contribution in [2.24, 2.45) is 10.8 Å². The second-order valence-corrected chi connectivity index (χ2v) is 11.3. The van der Waals surface area contributed by atoms with Crippen LogP contribution in [0.4, 0.5) is 5.69 Å². The number of amides is 1. The summed E-state index contributed by atoms with van der Waals surface area (Å²) in [7, 11) is 0. The number of halogens is 1. The van der Waals surface area contributed by atoms with Gasteiger partial charge in [0, 0.05) is 35.5 Å². The Kier molecular flexibility index (Phi) is 7.05. The highest BCUT2D eigenvalue weighted by Crippen LogP contribution is 2.55. The average molecular weight is 510 g/mol. The summed E-state index contributed by atoms with van der Waals surface area (Å²) in [4.78, 5) is 29.7. The fourth-order valence-corrected chi connectivity index (χ4v) is 6.28. The standard InChI is InChI=1S/C28H32ClN3O4/c1-27(2)25(28(3,4)26(27)36-20-8-9-22(30-5)21(29)15-20)31-24(35)19-7-6-17-10-12-32(16-23(33)34)13-11-18(17)14-19/h6-9,14-15,25-26H,10-13,16H2,1-4H3,(H,31,35)(H,33,34). The number of carboxylic acids is 1. The lowest BCUT2D eigenvalue weighted by atomic mass is 9.49. The summed E-state index contributed by atoms with van der Waals surface area (Å²) in [5.74, 6) is -0.345. The Bertz CT molecular complexity index is 1220. The molecule has 0 spiro atoms. The normalized spacial score (nSPS) is 22.3. The van der Waals surface area contributed by atoms with E-state index in [2.05, 4.69) is 37.9 Å². The molecule has 0 aromatic heterocycles. The lowest BCUT2D eigenvalue weighted by Crippen LogP contribution is -2.74. The lowest BCUT2D eigenvalue weighted by Gasteiger charge is -2.63. The van der Waals surface area contributed by atoms with Crippen LogP contribution in [0, 0.1) is 17.4 Å². The maximum absolute atomic E-state index is 13.3. The molecule has 1 heterocycles. The van der Waals surface area contributed by atoms with Crippen molar-refractivity contribution < 1.29 is 19.4 Å². The number of rotatable bonds is 6. The van der Waals surface area contributed by atoms with E-state index in [1.165, 1.54) is 5.56 Å². The van der Waals surface area contributed by atoms with Gasteiger partial charge in [-0.3, -0.25) is 14.5 Å². The summed E-state index contributed by atoms with van der Waals surface area (Å²) < 4.78 is 6.32. The van der Waals surface area contributed by atoms with Crippen LogP contribution in [0.15, 0.2) is 36.4 Å². The van der Waals surface area contributed by atoms with Gasteiger partial charge >= 0.3 is 5.97 Å². The minimum atomic E-state index is -0.822. The van der Waals surface area contributed by atoms with Crippen LogP contribution in [-0.4, -0.2) is 53.7 Å². The van der Waals surface area contributed by atoms with E-state index in [0.717, 1.165) is 18.4 Å². The first-order chi connectivity index (χ1) is 16.9. The molecular weight excluding hydrogens is 478 g/mol. The first-order valence-corrected chi connectivity index (χ1v) is 12.5. The number of benzene rings is 2. The average Bonchev–Trinajstić information content (AvgIpc) is 3.02. The van der Waals surface area contributed by atoms with Crippen molar-refractivity contribution >= 4 is 29.2 Å². The zero-order valence-electron chi connectivity index (χ0n) is 21.1. The van der Waals surface area contributed by atoms with E-state index in [-0.39, 0.29) is 35.4 Å². The van der Waals surface area contributed by atoms with Crippen LogP contribution < -0.4 is 10.1 Å². The minimum absolute atomic E-state index is 0.0341. The second kappa shape index (κ2) is 9.76. The first kappa shape index (κ1) is 26.0. The van der Waals surface area contributed by atoms with Crippen molar-refractivity contribution in [3.05, 3.63) is 69.5 Å². The Labute approximate surface area is 217 Å². The molecule has 0 radical (unpaired) electrons. The molecule has 4 rings (SSSR count). The Morgan fingerprint density at radius 2 is 1.78 bits per heavy atom. The first-order valence-electron chi connectivity index (χ1n) is 12.1. The number of carbonyl (C=O) groups excluding carboxylic acids is 1. The second-order valence-electron chi connectivity index (χ2n) is 10.9. The number of nitrogens with zero attached hydrogens (tertiary/aromatic N) is 2. The molecule has 0 bridgehead atoms. The van der Waals surface area contributed by atoms with Crippen LogP contribution in [0.25, 0.3) is 4.85 Å². The van der Waals surface area contributed by atoms with Gasteiger partial charge in [0.2, 0.25) is 5.69 Å². The molecule has 8 heteroatoms. The molecule has 0 unspecified atom stereocenters. The lowest BCUT2D eigenvalue weighted by molar-refractivity contribution is -0.164. The monoisotopic (exact) mass is 509 g/mol. The van der Waals surface area contributed by atoms with Gasteiger partial charge in [-0.25, -0.2) is 4.85 Å². The van der Waals surface area contributed by atoms with E-state index in [0.29, 0.717) is 35.1 Å². The Balaban J connectivity index is 1.45. The van der Waals surface area contributed by atoms with Crippen LogP contribution in [0.3, 0.4) is 0 Å². The molecule has 2 N–H and O–H groups in total. The number of carbonyl (C=O) groups is 2. The molecule has 1 amide bonds. The van der Waals surface area contributed by atoms with E-state index in [9.17, 15) is 9.59 Å². The predicted molar refractivity (Wildman–Crippen MR) is 139 cm³/mol. The summed E-state index contributed by atoms with van der Waals surface area (Å²) in [5.41, 5.74) is 2.58. The van der Waals surface area contributed by atoms with Gasteiger partial charge < -0.3 is 15.2 Å². The van der Waals surface area contributed by atoms with Gasteiger partial charge in [0.1, 0.15) is 11.9 Å². The molecule has 7 nitrogen and oxygen atoms in total. The third-order valence-corrected chi connectivity index (χ3v) is 7.93. The van der Waals surface area contributed by atoms with Crippen LogP contribution in [0.2, 0.25) is 5.02 Å². The van der Waals surface area contributed by atoms with Crippen molar-refractivity contribution in [2.45, 2.75) is 52.7 Å². The quantitative estimate of drug-likeness (QED) is 0.536. The highest BCUT2D eigenvalue weighted by atomic mass is 35.5. The van der Waals surface area contributed by atoms with Gasteiger partial charge in [-0.2, -0.15) is 0 Å². The summed E-state index contributed by atoms with van der Waals surface area (Å²) in [6, 6.07) is 10.8. The fourth-order valence-electron chi connectivity index (χ4n) is 6.06. The molecule has 190 valence electrons. The predicted octanol–water partition coefficient (Wildman–Crippen LogP) is 4.99. The molecule has 2 aliphatic rings. The third-order valence-electron chi connectivity index (χ3n) is 7.63. The molecular formula is C28H32ClN3O4. The van der Waals surface area contributed by atoms with E-state index in [1.807, 2.05) is 23.1 Å². The van der Waals surface area contributed by atoms with E-state index in [4.69, 9.17) is 28.0 Å². The molecule has 2 aromatic carbocycles. The Morgan fingerprint density at radius 3 is 2.39 bits per heavy atom. The molecule has 0 atom stereocenters. The third kappa shape index (κ3) is 4.93. The summed E-state index contributed by atoms with van der Waals surface area (Å²) in [5, 5.41) is 12.7. The molecule has 0 saturated heterocycles. The number of fused-ring (bicyclic) bond motifs is 1. The van der Waals surface area contributed by atoms with E-state index < -0.39 is 5.97 Å². The Morgan fingerprint density at radius 1 is 1.11 bits per heavy atom. The van der Waals surface area contributed by atoms with Gasteiger partial charge in [-0.15, -0.1) is 0 Å². The van der Waals surface area contributed by atoms with Crippen molar-refractivity contribution in [1.82, 2.24) is 10.2 Å². The zero-order chi connectivity index (χ0) is 26.3. The zero-order valence-corrected chi connectivity index (χ0v) is 21.9. The molecule has 2 aromatic rings. The highest BCUT2D eigenvalue weighted by Gasteiger charge is 2.64.